The summed E-state index contributed by atoms with van der Waals surface area (Å²) in [6, 6.07) is 32.5. The highest BCUT2D eigenvalue weighted by molar-refractivity contribution is 7.89. The van der Waals surface area contributed by atoms with Crippen molar-refractivity contribution in [3.63, 3.8) is 0 Å². The van der Waals surface area contributed by atoms with E-state index in [2.05, 4.69) is 10.0 Å². The second-order valence-corrected chi connectivity index (χ2v) is 9.25. The Kier molecular flexibility index (Phi) is 7.37. The summed E-state index contributed by atoms with van der Waals surface area (Å²) < 4.78 is 33.3. The molecule has 0 aliphatic carbocycles. The first-order chi connectivity index (χ1) is 16.5. The van der Waals surface area contributed by atoms with Gasteiger partial charge in [0, 0.05) is 17.8 Å². The molecule has 0 saturated heterocycles. The third-order valence-corrected chi connectivity index (χ3v) is 6.52. The van der Waals surface area contributed by atoms with Gasteiger partial charge in [0.25, 0.3) is 5.91 Å². The molecule has 172 valence electrons. The Morgan fingerprint density at radius 1 is 0.735 bits per heavy atom. The lowest BCUT2D eigenvalue weighted by Gasteiger charge is -2.10. The van der Waals surface area contributed by atoms with E-state index in [1.54, 1.807) is 24.3 Å². The van der Waals surface area contributed by atoms with Crippen LogP contribution in [0.5, 0.6) is 5.75 Å². The molecule has 1 amide bonds. The van der Waals surface area contributed by atoms with E-state index in [1.807, 2.05) is 72.8 Å². The molecule has 4 aromatic carbocycles. The fourth-order valence-electron chi connectivity index (χ4n) is 3.33. The number of hydrogen-bond acceptors (Lipinski definition) is 4. The van der Waals surface area contributed by atoms with Crippen LogP contribution >= 0.6 is 0 Å². The first kappa shape index (κ1) is 23.2. The zero-order valence-corrected chi connectivity index (χ0v) is 19.2. The van der Waals surface area contributed by atoms with Crippen molar-refractivity contribution >= 4 is 21.6 Å². The average Bonchev–Trinajstić information content (AvgIpc) is 2.88. The molecule has 4 rings (SSSR count). The van der Waals surface area contributed by atoms with Gasteiger partial charge in [-0.05, 0) is 53.6 Å². The molecule has 0 aliphatic rings. The molecule has 0 aromatic heterocycles. The zero-order valence-electron chi connectivity index (χ0n) is 18.3. The maximum absolute atomic E-state index is 12.7. The Balaban J connectivity index is 1.36. The molecule has 0 unspecified atom stereocenters. The molecule has 34 heavy (non-hydrogen) atoms. The van der Waals surface area contributed by atoms with Gasteiger partial charge in [0.05, 0.1) is 4.90 Å². The normalized spacial score (nSPS) is 11.1. The lowest BCUT2D eigenvalue weighted by molar-refractivity contribution is 0.102. The van der Waals surface area contributed by atoms with Crippen molar-refractivity contribution in [3.8, 4) is 16.9 Å². The van der Waals surface area contributed by atoms with Crippen LogP contribution in [0.3, 0.4) is 0 Å². The van der Waals surface area contributed by atoms with Crippen molar-refractivity contribution < 1.29 is 17.9 Å². The van der Waals surface area contributed by atoms with Crippen LogP contribution in [0.4, 0.5) is 5.69 Å². The number of anilines is 1. The summed E-state index contributed by atoms with van der Waals surface area (Å²) in [6.07, 6.45) is 0. The zero-order chi connectivity index (χ0) is 23.8. The van der Waals surface area contributed by atoms with Gasteiger partial charge in [0.2, 0.25) is 10.0 Å². The summed E-state index contributed by atoms with van der Waals surface area (Å²) in [4.78, 5) is 12.7. The smallest absolute Gasteiger partial charge is 0.255 e. The van der Waals surface area contributed by atoms with Crippen LogP contribution in [0.15, 0.2) is 114 Å². The number of carbonyl (C=O) groups excluding carboxylic acids is 1. The van der Waals surface area contributed by atoms with Crippen molar-refractivity contribution in [2.24, 2.45) is 0 Å². The maximum atomic E-state index is 12.7. The summed E-state index contributed by atoms with van der Waals surface area (Å²) in [6.45, 7) is 0.282. The summed E-state index contributed by atoms with van der Waals surface area (Å²) in [7, 11) is -3.79. The Hall–Kier alpha value is -3.94. The molecule has 0 bridgehead atoms. The molecule has 0 spiro atoms. The number of amides is 1. The molecule has 7 heteroatoms. The van der Waals surface area contributed by atoms with Gasteiger partial charge >= 0.3 is 0 Å². The largest absolute Gasteiger partial charge is 0.492 e. The van der Waals surface area contributed by atoms with Crippen LogP contribution in [-0.2, 0) is 10.0 Å². The van der Waals surface area contributed by atoms with Crippen LogP contribution in [-0.4, -0.2) is 27.5 Å². The number of benzene rings is 4. The van der Waals surface area contributed by atoms with Gasteiger partial charge in [-0.15, -0.1) is 0 Å². The minimum absolute atomic E-state index is 0.0132. The van der Waals surface area contributed by atoms with Crippen LogP contribution < -0.4 is 14.8 Å². The second kappa shape index (κ2) is 10.8. The number of ether oxygens (including phenoxy) is 1. The lowest BCUT2D eigenvalue weighted by Crippen LogP contribution is -2.28. The summed E-state index contributed by atoms with van der Waals surface area (Å²) >= 11 is 0. The van der Waals surface area contributed by atoms with Gasteiger partial charge in [-0.2, -0.15) is 0 Å². The van der Waals surface area contributed by atoms with E-state index in [1.165, 1.54) is 12.1 Å². The first-order valence-corrected chi connectivity index (χ1v) is 12.2. The molecule has 0 saturated carbocycles. The Bertz CT molecular complexity index is 1340. The third kappa shape index (κ3) is 6.10. The second-order valence-electron chi connectivity index (χ2n) is 7.48. The number of nitrogens with one attached hydrogen (secondary N) is 2. The van der Waals surface area contributed by atoms with Gasteiger partial charge < -0.3 is 10.1 Å². The van der Waals surface area contributed by atoms with E-state index in [-0.39, 0.29) is 23.6 Å². The van der Waals surface area contributed by atoms with Gasteiger partial charge in [-0.25, -0.2) is 13.1 Å². The minimum Gasteiger partial charge on any atom is -0.492 e. The molecule has 0 aliphatic heterocycles. The molecule has 0 fully saturated rings. The Labute approximate surface area is 199 Å². The quantitative estimate of drug-likeness (QED) is 0.337. The topological polar surface area (TPSA) is 84.5 Å². The Morgan fingerprint density at radius 3 is 2.09 bits per heavy atom. The predicted octanol–water partition coefficient (Wildman–Crippen LogP) is 4.96. The van der Waals surface area contributed by atoms with Crippen molar-refractivity contribution in [1.29, 1.82) is 0 Å². The van der Waals surface area contributed by atoms with E-state index in [0.717, 1.165) is 11.1 Å². The molecular weight excluding hydrogens is 448 g/mol. The van der Waals surface area contributed by atoms with Crippen molar-refractivity contribution in [2.45, 2.75) is 4.90 Å². The first-order valence-electron chi connectivity index (χ1n) is 10.8. The number of sulfonamides is 1. The fourth-order valence-corrected chi connectivity index (χ4v) is 4.39. The fraction of sp³-hybridized carbons (Fsp3) is 0.0741. The van der Waals surface area contributed by atoms with Crippen LogP contribution in [0, 0.1) is 0 Å². The molecular formula is C27H24N2O4S. The number of hydrogen-bond donors (Lipinski definition) is 2. The van der Waals surface area contributed by atoms with Crippen LogP contribution in [0.25, 0.3) is 11.1 Å². The molecule has 0 atom stereocenters. The standard InChI is InChI=1S/C27H24N2O4S/c30-27(29-24-16-14-22(15-17-24)21-8-3-1-4-9-21)23-10-7-13-26(20-23)34(31,32)28-18-19-33-25-11-5-2-6-12-25/h1-17,20,28H,18-19H2,(H,29,30). The molecule has 0 radical (unpaired) electrons. The highest BCUT2D eigenvalue weighted by atomic mass is 32.2. The van der Waals surface area contributed by atoms with E-state index in [4.69, 9.17) is 4.74 Å². The SMILES string of the molecule is O=C(Nc1ccc(-c2ccccc2)cc1)c1cccc(S(=O)(=O)NCCOc2ccccc2)c1. The number of rotatable bonds is 9. The predicted molar refractivity (Wildman–Crippen MR) is 133 cm³/mol. The maximum Gasteiger partial charge on any atom is 0.255 e. The lowest BCUT2D eigenvalue weighted by atomic mass is 10.1. The van der Waals surface area contributed by atoms with E-state index >= 15 is 0 Å². The van der Waals surface area contributed by atoms with Gasteiger partial charge in [-0.3, -0.25) is 4.79 Å². The molecule has 0 heterocycles. The molecule has 2 N–H and O–H groups in total. The highest BCUT2D eigenvalue weighted by Gasteiger charge is 2.16. The summed E-state index contributed by atoms with van der Waals surface area (Å²) in [5.74, 6) is 0.272. The monoisotopic (exact) mass is 472 g/mol. The number of carbonyl (C=O) groups is 1. The summed E-state index contributed by atoms with van der Waals surface area (Å²) in [5, 5.41) is 2.81. The van der Waals surface area contributed by atoms with E-state index in [0.29, 0.717) is 11.4 Å². The number of para-hydroxylation sites is 1. The Morgan fingerprint density at radius 2 is 1.38 bits per heavy atom. The minimum atomic E-state index is -3.79. The van der Waals surface area contributed by atoms with Gasteiger partial charge in [0.1, 0.15) is 12.4 Å². The van der Waals surface area contributed by atoms with E-state index < -0.39 is 15.9 Å². The van der Waals surface area contributed by atoms with Crippen LogP contribution in [0.1, 0.15) is 10.4 Å². The summed E-state index contributed by atoms with van der Waals surface area (Å²) in [5.41, 5.74) is 2.98. The third-order valence-electron chi connectivity index (χ3n) is 5.06. The van der Waals surface area contributed by atoms with Crippen LogP contribution in [0.2, 0.25) is 0 Å². The molecule has 6 nitrogen and oxygen atoms in total. The van der Waals surface area contributed by atoms with Crippen molar-refractivity contribution in [2.75, 3.05) is 18.5 Å². The van der Waals surface area contributed by atoms with Gasteiger partial charge in [0.15, 0.2) is 0 Å². The molecule has 4 aromatic rings. The van der Waals surface area contributed by atoms with Crippen molar-refractivity contribution in [3.05, 3.63) is 115 Å². The average molecular weight is 473 g/mol. The van der Waals surface area contributed by atoms with Crippen molar-refractivity contribution in [1.82, 2.24) is 4.72 Å². The van der Waals surface area contributed by atoms with Gasteiger partial charge in [-0.1, -0.05) is 66.7 Å². The highest BCUT2D eigenvalue weighted by Crippen LogP contribution is 2.21. The van der Waals surface area contributed by atoms with E-state index in [9.17, 15) is 13.2 Å².